The molecule has 2 aromatic heterocycles. The molecule has 2 aromatic carbocycles. The summed E-state index contributed by atoms with van der Waals surface area (Å²) in [6.45, 7) is 0.639. The molecule has 2 amide bonds. The third-order valence-corrected chi connectivity index (χ3v) is 7.18. The van der Waals surface area contributed by atoms with E-state index in [9.17, 15) is 13.6 Å². The topological polar surface area (TPSA) is 100 Å². The van der Waals surface area contributed by atoms with Gasteiger partial charge in [0.05, 0.1) is 0 Å². The van der Waals surface area contributed by atoms with E-state index in [0.29, 0.717) is 46.9 Å². The molecule has 0 aliphatic rings. The first-order valence-electron chi connectivity index (χ1n) is 11.3. The number of halogens is 3. The van der Waals surface area contributed by atoms with Crippen molar-refractivity contribution in [2.75, 3.05) is 43.6 Å². The Hall–Kier alpha value is -3.52. The van der Waals surface area contributed by atoms with Gasteiger partial charge < -0.3 is 20.9 Å². The molecule has 4 aromatic rings. The smallest absolute Gasteiger partial charge is 0.323 e. The van der Waals surface area contributed by atoms with Crippen LogP contribution >= 0.6 is 20.7 Å². The van der Waals surface area contributed by atoms with E-state index in [1.54, 1.807) is 37.6 Å². The van der Waals surface area contributed by atoms with Gasteiger partial charge in [-0.15, -0.1) is 0 Å². The minimum atomic E-state index is -2.99. The lowest BCUT2D eigenvalue weighted by atomic mass is 10.0. The molecule has 9 nitrogen and oxygen atoms in total. The average molecular weight is 620 g/mol. The third-order valence-electron chi connectivity index (χ3n) is 5.64. The third kappa shape index (κ3) is 6.07. The minimum Gasteiger partial charge on any atom is -0.371 e. The zero-order valence-electron chi connectivity index (χ0n) is 20.6. The van der Waals surface area contributed by atoms with E-state index >= 15 is 0 Å². The van der Waals surface area contributed by atoms with Gasteiger partial charge in [-0.3, -0.25) is 4.57 Å². The van der Waals surface area contributed by atoms with Crippen LogP contribution in [0.25, 0.3) is 16.9 Å². The van der Waals surface area contributed by atoms with E-state index < -0.39 is 30.7 Å². The second-order valence-corrected chi connectivity index (χ2v) is 10.6. The molecule has 0 radical (unpaired) electrons. The van der Waals surface area contributed by atoms with Gasteiger partial charge in [-0.25, -0.2) is 19.7 Å². The molecule has 0 spiro atoms. The van der Waals surface area contributed by atoms with Crippen LogP contribution in [0.5, 0.6) is 0 Å². The lowest BCUT2D eigenvalue weighted by Gasteiger charge is -2.19. The zero-order valence-corrected chi connectivity index (χ0v) is 22.8. The normalized spacial score (nSPS) is 11.6. The Kier molecular flexibility index (Phi) is 8.07. The Morgan fingerprint density at radius 2 is 1.78 bits per heavy atom. The molecule has 194 valence electrons. The molecule has 2 heterocycles. The maximum Gasteiger partial charge on any atom is 0.323 e. The summed E-state index contributed by atoms with van der Waals surface area (Å²) < 4.78 is 31.6. The summed E-state index contributed by atoms with van der Waals surface area (Å²) in [6, 6.07) is 11.2. The van der Waals surface area contributed by atoms with E-state index in [2.05, 4.69) is 35.4 Å². The van der Waals surface area contributed by atoms with Crippen LogP contribution in [0.3, 0.4) is 0 Å². The standard InChI is InChI=1S/C25H27F2IN8O/c1-28-25(26,27)20-13-18(6-5-16(20)11-12-35(3)4)34-24(37)33-17-7-9-19(10-8-17)36-15-32-21-22(29-2)30-14-31-23(21)36/h5-10,13-15H,1,11-12H2,2-4H3,(H,29,30,31)(H2,33,34,37). The van der Waals surface area contributed by atoms with Gasteiger partial charge in [-0.05, 0) is 83.2 Å². The maximum atomic E-state index is 14.7. The van der Waals surface area contributed by atoms with Crippen LogP contribution in [0, 0.1) is 0 Å². The first-order chi connectivity index (χ1) is 17.7. The van der Waals surface area contributed by atoms with Crippen molar-refractivity contribution < 1.29 is 13.6 Å². The predicted octanol–water partition coefficient (Wildman–Crippen LogP) is 5.06. The van der Waals surface area contributed by atoms with Gasteiger partial charge in [0.15, 0.2) is 17.0 Å². The fourth-order valence-corrected chi connectivity index (χ4v) is 4.67. The molecule has 12 heteroatoms. The van der Waals surface area contributed by atoms with E-state index in [1.807, 2.05) is 35.7 Å². The summed E-state index contributed by atoms with van der Waals surface area (Å²) >= 11 is -1.61. The molecule has 0 fully saturated rings. The number of alkyl halides is 3. The molecule has 0 unspecified atom stereocenters. The van der Waals surface area contributed by atoms with Crippen molar-refractivity contribution in [1.82, 2.24) is 24.4 Å². The first-order valence-corrected chi connectivity index (χ1v) is 13.9. The van der Waals surface area contributed by atoms with Gasteiger partial charge in [0.1, 0.15) is 12.7 Å². The number of rotatable bonds is 9. The van der Waals surface area contributed by atoms with E-state index in [4.69, 9.17) is 0 Å². The Morgan fingerprint density at radius 3 is 2.46 bits per heavy atom. The number of fused-ring (bicyclic) bond motifs is 1. The van der Waals surface area contributed by atoms with E-state index in [1.165, 1.54) is 12.4 Å². The van der Waals surface area contributed by atoms with Crippen molar-refractivity contribution in [2.24, 2.45) is 0 Å². The van der Waals surface area contributed by atoms with Gasteiger partial charge in [-0.1, -0.05) is 10.6 Å². The highest BCUT2D eigenvalue weighted by atomic mass is 127. The van der Waals surface area contributed by atoms with Crippen LogP contribution in [0.2, 0.25) is 0 Å². The monoisotopic (exact) mass is 620 g/mol. The van der Waals surface area contributed by atoms with Crippen molar-refractivity contribution in [3.8, 4) is 5.69 Å². The number of amides is 2. The number of benzene rings is 2. The van der Waals surface area contributed by atoms with Crippen LogP contribution in [-0.4, -0.2) is 62.7 Å². The summed E-state index contributed by atoms with van der Waals surface area (Å²) in [6.07, 6.45) is 3.59. The van der Waals surface area contributed by atoms with E-state index in [-0.39, 0.29) is 5.56 Å². The Morgan fingerprint density at radius 1 is 1.08 bits per heavy atom. The lowest BCUT2D eigenvalue weighted by Crippen LogP contribution is -2.21. The highest BCUT2D eigenvalue weighted by Gasteiger charge is 2.31. The number of carbonyl (C=O) groups is 1. The van der Waals surface area contributed by atoms with Crippen molar-refractivity contribution >= 4 is 59.6 Å². The average Bonchev–Trinajstić information content (AvgIpc) is 3.32. The highest BCUT2D eigenvalue weighted by molar-refractivity contribution is 14.2. The number of imidazole rings is 1. The van der Waals surface area contributed by atoms with Crippen molar-refractivity contribution in [1.29, 1.82) is 0 Å². The molecule has 0 bridgehead atoms. The van der Waals surface area contributed by atoms with Crippen molar-refractivity contribution in [2.45, 2.75) is 10.4 Å². The quantitative estimate of drug-likeness (QED) is 0.179. The molecule has 37 heavy (non-hydrogen) atoms. The fourth-order valence-electron chi connectivity index (χ4n) is 3.76. The number of hydrogen-bond donors (Lipinski definition) is 3. The number of carbonyl (C=O) groups excluding carboxylic acids is 1. The molecular formula is C25H27F2IN8O. The molecule has 0 saturated heterocycles. The van der Waals surface area contributed by atoms with Crippen molar-refractivity contribution in [3.05, 3.63) is 66.2 Å². The Balaban J connectivity index is 1.48. The number of nitrogens with one attached hydrogen (secondary N) is 3. The fraction of sp³-hybridized carbons (Fsp3) is 0.240. The van der Waals surface area contributed by atoms with Gasteiger partial charge >= 0.3 is 9.96 Å². The molecule has 3 N–H and O–H groups in total. The molecule has 0 aliphatic carbocycles. The van der Waals surface area contributed by atoms with Crippen molar-refractivity contribution in [3.63, 3.8) is 0 Å². The van der Waals surface area contributed by atoms with Crippen LogP contribution < -0.4 is 16.0 Å². The predicted molar refractivity (Wildman–Crippen MR) is 153 cm³/mol. The van der Waals surface area contributed by atoms with Crippen LogP contribution in [-0.2, 0) is 10.4 Å². The number of urea groups is 1. The van der Waals surface area contributed by atoms with Crippen LogP contribution in [0.15, 0.2) is 55.1 Å². The highest BCUT2D eigenvalue weighted by Crippen LogP contribution is 2.41. The number of aromatic nitrogens is 4. The molecule has 0 aliphatic heterocycles. The second-order valence-electron chi connectivity index (χ2n) is 8.44. The second kappa shape index (κ2) is 11.3. The largest absolute Gasteiger partial charge is 0.371 e. The minimum absolute atomic E-state index is 0.0721. The molecule has 4 rings (SSSR count). The van der Waals surface area contributed by atoms with Gasteiger partial charge in [0, 0.05) is 36.2 Å². The number of hydrogen-bond acceptors (Lipinski definition) is 6. The summed E-state index contributed by atoms with van der Waals surface area (Å²) in [5, 5.41) is 8.38. The lowest BCUT2D eigenvalue weighted by molar-refractivity contribution is 0.126. The molecule has 0 atom stereocenters. The van der Waals surface area contributed by atoms with Gasteiger partial charge in [0.2, 0.25) is 0 Å². The summed E-state index contributed by atoms with van der Waals surface area (Å²) in [4.78, 5) is 27.4. The number of anilines is 3. The van der Waals surface area contributed by atoms with E-state index in [0.717, 1.165) is 5.69 Å². The SMILES string of the molecule is C=IC(F)(F)c1cc(NC(=O)Nc2ccc(-n3cnc4c(NC)ncnc43)cc2)ccc1CCN(C)C. The number of nitrogens with zero attached hydrogens (tertiary/aromatic N) is 5. The number of likely N-dealkylation sites (N-methyl/N-ethyl adjacent to an activating group) is 1. The Labute approximate surface area is 223 Å². The van der Waals surface area contributed by atoms with Crippen LogP contribution in [0.1, 0.15) is 11.1 Å². The van der Waals surface area contributed by atoms with Gasteiger partial charge in [0.25, 0.3) is 0 Å². The maximum absolute atomic E-state index is 14.7. The van der Waals surface area contributed by atoms with Gasteiger partial charge in [-0.2, -0.15) is 8.78 Å². The summed E-state index contributed by atoms with van der Waals surface area (Å²) in [7, 11) is 5.55. The summed E-state index contributed by atoms with van der Waals surface area (Å²) in [5.74, 6) is 0.627. The molecular weight excluding hydrogens is 593 g/mol. The molecule has 0 saturated carbocycles. The Bertz CT molecular complexity index is 1420. The zero-order chi connectivity index (χ0) is 26.6. The first kappa shape index (κ1) is 26.5. The van der Waals surface area contributed by atoms with Crippen LogP contribution in [0.4, 0.5) is 30.8 Å². The summed E-state index contributed by atoms with van der Waals surface area (Å²) in [5.41, 5.74) is 3.40.